The first-order valence-electron chi connectivity index (χ1n) is 9.57. The number of rotatable bonds is 7. The molecule has 2 amide bonds. The lowest BCUT2D eigenvalue weighted by Crippen LogP contribution is -2.47. The number of nitrogens with zero attached hydrogens (tertiary/aromatic N) is 2. The van der Waals surface area contributed by atoms with E-state index < -0.39 is 0 Å². The van der Waals surface area contributed by atoms with E-state index in [2.05, 4.69) is 48.5 Å². The lowest BCUT2D eigenvalue weighted by Gasteiger charge is -2.36. The Bertz CT molecular complexity index is 779. The van der Waals surface area contributed by atoms with E-state index in [9.17, 15) is 4.79 Å². The summed E-state index contributed by atoms with van der Waals surface area (Å²) in [5.41, 5.74) is 1.93. The molecule has 1 aliphatic heterocycles. The molecule has 7 heteroatoms. The molecule has 2 aromatic rings. The van der Waals surface area contributed by atoms with Crippen molar-refractivity contribution in [3.8, 4) is 5.75 Å². The van der Waals surface area contributed by atoms with E-state index in [1.807, 2.05) is 36.4 Å². The van der Waals surface area contributed by atoms with E-state index in [1.54, 1.807) is 7.11 Å². The maximum atomic E-state index is 12.0. The number of methoxy groups -OCH3 is 1. The second-order valence-corrected chi connectivity index (χ2v) is 7.57. The zero-order valence-electron chi connectivity index (χ0n) is 16.2. The van der Waals surface area contributed by atoms with Gasteiger partial charge in [-0.2, -0.15) is 0 Å². The van der Waals surface area contributed by atoms with Crippen molar-refractivity contribution in [1.29, 1.82) is 0 Å². The number of ether oxygens (including phenoxy) is 1. The molecule has 2 N–H and O–H groups in total. The molecular weight excluding hydrogens is 420 g/mol. The molecule has 0 aliphatic carbocycles. The van der Waals surface area contributed by atoms with Crippen molar-refractivity contribution in [3.05, 3.63) is 53.0 Å². The Morgan fingerprint density at radius 1 is 1.07 bits per heavy atom. The van der Waals surface area contributed by atoms with Crippen molar-refractivity contribution in [2.75, 3.05) is 56.6 Å². The number of para-hydroxylation sites is 3. The highest BCUT2D eigenvalue weighted by molar-refractivity contribution is 9.10. The molecule has 0 aromatic heterocycles. The van der Waals surface area contributed by atoms with Gasteiger partial charge in [-0.25, -0.2) is 4.79 Å². The summed E-state index contributed by atoms with van der Waals surface area (Å²) in [6.45, 7) is 5.63. The summed E-state index contributed by atoms with van der Waals surface area (Å²) in [5, 5.41) is 5.78. The Balaban J connectivity index is 1.34. The molecule has 28 heavy (non-hydrogen) atoms. The van der Waals surface area contributed by atoms with Crippen LogP contribution in [0.4, 0.5) is 16.2 Å². The number of urea groups is 1. The van der Waals surface area contributed by atoms with Gasteiger partial charge in [0, 0.05) is 37.2 Å². The molecule has 150 valence electrons. The smallest absolute Gasteiger partial charge is 0.319 e. The Kier molecular flexibility index (Phi) is 7.56. The molecule has 0 atom stereocenters. The van der Waals surface area contributed by atoms with Gasteiger partial charge in [0.2, 0.25) is 0 Å². The Hall–Kier alpha value is -2.25. The number of halogens is 1. The Morgan fingerprint density at radius 3 is 2.54 bits per heavy atom. The Labute approximate surface area is 175 Å². The van der Waals surface area contributed by atoms with Crippen LogP contribution in [-0.4, -0.2) is 57.3 Å². The van der Waals surface area contributed by atoms with Gasteiger partial charge in [-0.15, -0.1) is 0 Å². The third kappa shape index (κ3) is 5.62. The van der Waals surface area contributed by atoms with Crippen LogP contribution in [0.5, 0.6) is 5.75 Å². The van der Waals surface area contributed by atoms with E-state index in [1.165, 1.54) is 0 Å². The van der Waals surface area contributed by atoms with Crippen LogP contribution in [0, 0.1) is 0 Å². The highest BCUT2D eigenvalue weighted by Gasteiger charge is 2.19. The van der Waals surface area contributed by atoms with Gasteiger partial charge in [-0.3, -0.25) is 4.90 Å². The van der Waals surface area contributed by atoms with E-state index in [-0.39, 0.29) is 6.03 Å². The highest BCUT2D eigenvalue weighted by atomic mass is 79.9. The third-order valence-electron chi connectivity index (χ3n) is 4.86. The number of nitrogens with one attached hydrogen (secondary N) is 2. The zero-order chi connectivity index (χ0) is 19.8. The molecule has 0 spiro atoms. The molecule has 1 fully saturated rings. The number of carbonyl (C=O) groups is 1. The SMILES string of the molecule is COc1ccccc1N1CCN(CCCNC(=O)Nc2ccccc2Br)CC1. The molecule has 0 bridgehead atoms. The maximum Gasteiger partial charge on any atom is 0.319 e. The predicted octanol–water partition coefficient (Wildman–Crippen LogP) is 3.79. The van der Waals surface area contributed by atoms with Gasteiger partial charge in [0.05, 0.1) is 18.5 Å². The van der Waals surface area contributed by atoms with Crippen molar-refractivity contribution in [3.63, 3.8) is 0 Å². The van der Waals surface area contributed by atoms with E-state index in [4.69, 9.17) is 4.74 Å². The number of amides is 2. The molecule has 1 heterocycles. The number of hydrogen-bond donors (Lipinski definition) is 2. The molecule has 1 aliphatic rings. The molecule has 2 aromatic carbocycles. The molecule has 1 saturated heterocycles. The van der Waals surface area contributed by atoms with Gasteiger partial charge in [0.25, 0.3) is 0 Å². The summed E-state index contributed by atoms with van der Waals surface area (Å²) in [7, 11) is 1.72. The summed E-state index contributed by atoms with van der Waals surface area (Å²) in [6.07, 6.45) is 0.929. The summed E-state index contributed by atoms with van der Waals surface area (Å²) in [5.74, 6) is 0.927. The normalized spacial score (nSPS) is 14.6. The number of benzene rings is 2. The second kappa shape index (κ2) is 10.3. The van der Waals surface area contributed by atoms with Crippen LogP contribution in [0.3, 0.4) is 0 Å². The van der Waals surface area contributed by atoms with Crippen LogP contribution in [0.1, 0.15) is 6.42 Å². The van der Waals surface area contributed by atoms with Gasteiger partial charge in [0.15, 0.2) is 0 Å². The van der Waals surface area contributed by atoms with Crippen LogP contribution < -0.4 is 20.3 Å². The second-order valence-electron chi connectivity index (χ2n) is 6.71. The molecule has 3 rings (SSSR count). The minimum absolute atomic E-state index is 0.173. The van der Waals surface area contributed by atoms with Gasteiger partial charge in [0.1, 0.15) is 5.75 Å². The lowest BCUT2D eigenvalue weighted by molar-refractivity contribution is 0.244. The molecular formula is C21H27BrN4O2. The summed E-state index contributed by atoms with van der Waals surface area (Å²) in [4.78, 5) is 16.8. The monoisotopic (exact) mass is 446 g/mol. The van der Waals surface area contributed by atoms with Gasteiger partial charge in [-0.05, 0) is 53.2 Å². The molecule has 6 nitrogen and oxygen atoms in total. The van der Waals surface area contributed by atoms with Crippen LogP contribution >= 0.6 is 15.9 Å². The van der Waals surface area contributed by atoms with Crippen molar-refractivity contribution in [2.24, 2.45) is 0 Å². The van der Waals surface area contributed by atoms with Crippen LogP contribution in [0.25, 0.3) is 0 Å². The summed E-state index contributed by atoms with van der Waals surface area (Å²) in [6, 6.07) is 15.6. The van der Waals surface area contributed by atoms with E-state index >= 15 is 0 Å². The van der Waals surface area contributed by atoms with Crippen LogP contribution in [-0.2, 0) is 0 Å². The molecule has 0 unspecified atom stereocenters. The molecule has 0 saturated carbocycles. The van der Waals surface area contributed by atoms with Crippen molar-refractivity contribution >= 4 is 33.3 Å². The van der Waals surface area contributed by atoms with Crippen LogP contribution in [0.2, 0.25) is 0 Å². The van der Waals surface area contributed by atoms with Crippen molar-refractivity contribution in [1.82, 2.24) is 10.2 Å². The maximum absolute atomic E-state index is 12.0. The largest absolute Gasteiger partial charge is 0.495 e. The summed E-state index contributed by atoms with van der Waals surface area (Å²) >= 11 is 3.43. The fourth-order valence-electron chi connectivity index (χ4n) is 3.34. The number of carbonyl (C=O) groups excluding carboxylic acids is 1. The minimum Gasteiger partial charge on any atom is -0.495 e. The number of anilines is 2. The predicted molar refractivity (Wildman–Crippen MR) is 117 cm³/mol. The topological polar surface area (TPSA) is 56.8 Å². The molecule has 0 radical (unpaired) electrons. The number of hydrogen-bond acceptors (Lipinski definition) is 4. The lowest BCUT2D eigenvalue weighted by atomic mass is 10.2. The highest BCUT2D eigenvalue weighted by Crippen LogP contribution is 2.28. The first-order chi connectivity index (χ1) is 13.7. The first-order valence-corrected chi connectivity index (χ1v) is 10.4. The fraction of sp³-hybridized carbons (Fsp3) is 0.381. The van der Waals surface area contributed by atoms with E-state index in [0.29, 0.717) is 6.54 Å². The van der Waals surface area contributed by atoms with Crippen LogP contribution in [0.15, 0.2) is 53.0 Å². The fourth-order valence-corrected chi connectivity index (χ4v) is 3.72. The average Bonchev–Trinajstić information content (AvgIpc) is 2.73. The quantitative estimate of drug-likeness (QED) is 0.635. The van der Waals surface area contributed by atoms with Gasteiger partial charge in [-0.1, -0.05) is 24.3 Å². The Morgan fingerprint density at radius 2 is 1.79 bits per heavy atom. The van der Waals surface area contributed by atoms with Crippen molar-refractivity contribution < 1.29 is 9.53 Å². The third-order valence-corrected chi connectivity index (χ3v) is 5.55. The van der Waals surface area contributed by atoms with Gasteiger partial charge >= 0.3 is 6.03 Å². The number of piperazine rings is 1. The average molecular weight is 447 g/mol. The van der Waals surface area contributed by atoms with Gasteiger partial charge < -0.3 is 20.3 Å². The zero-order valence-corrected chi connectivity index (χ0v) is 17.7. The van der Waals surface area contributed by atoms with Crippen molar-refractivity contribution in [2.45, 2.75) is 6.42 Å². The van der Waals surface area contributed by atoms with E-state index in [0.717, 1.165) is 60.7 Å². The minimum atomic E-state index is -0.173. The first kappa shape index (κ1) is 20.5. The summed E-state index contributed by atoms with van der Waals surface area (Å²) < 4.78 is 6.35. The standard InChI is InChI=1S/C21H27BrN4O2/c1-28-20-10-5-4-9-19(20)26-15-13-25(14-16-26)12-6-11-23-21(27)24-18-8-3-2-7-17(18)22/h2-5,7-10H,6,11-16H2,1H3,(H2,23,24,27).